The summed E-state index contributed by atoms with van der Waals surface area (Å²) in [4.78, 5) is 7.41. The van der Waals surface area contributed by atoms with E-state index in [1.54, 1.807) is 5.56 Å². The summed E-state index contributed by atoms with van der Waals surface area (Å²) in [5.41, 5.74) is 6.97. The van der Waals surface area contributed by atoms with Crippen molar-refractivity contribution in [1.29, 1.82) is 0 Å². The molecule has 138 valence electrons. The zero-order valence-electron chi connectivity index (χ0n) is 16.3. The Bertz CT molecular complexity index is 1030. The molecule has 0 saturated heterocycles. The molecule has 3 nitrogen and oxygen atoms in total. The lowest BCUT2D eigenvalue weighted by Gasteiger charge is -2.36. The fourth-order valence-electron chi connectivity index (χ4n) is 4.87. The number of anilines is 1. The molecule has 0 radical (unpaired) electrons. The van der Waals surface area contributed by atoms with Crippen LogP contribution in [0.2, 0.25) is 0 Å². The minimum atomic E-state index is 0.636. The van der Waals surface area contributed by atoms with E-state index >= 15 is 0 Å². The molecular weight excluding hydrogens is 330 g/mol. The number of benzene rings is 1. The third-order valence-electron chi connectivity index (χ3n) is 6.56. The van der Waals surface area contributed by atoms with Gasteiger partial charge in [0, 0.05) is 42.8 Å². The van der Waals surface area contributed by atoms with Crippen LogP contribution < -0.4 is 4.90 Å². The van der Waals surface area contributed by atoms with Gasteiger partial charge in [-0.25, -0.2) is 4.98 Å². The second-order valence-corrected chi connectivity index (χ2v) is 8.16. The molecule has 2 aromatic heterocycles. The van der Waals surface area contributed by atoms with Crippen molar-refractivity contribution in [3.05, 3.63) is 71.6 Å². The number of nitrogens with zero attached hydrogens (tertiary/aromatic N) is 3. The van der Waals surface area contributed by atoms with Gasteiger partial charge in [-0.15, -0.1) is 6.58 Å². The highest BCUT2D eigenvalue weighted by molar-refractivity contribution is 5.93. The summed E-state index contributed by atoms with van der Waals surface area (Å²) in [7, 11) is 0. The van der Waals surface area contributed by atoms with E-state index in [2.05, 4.69) is 60.2 Å². The molecule has 3 heterocycles. The standard InChI is InChI=1S/C24H27N3/c1-4-13-27-17(3)16(2)20-11-12-25-24(23(20)27)26-14-19-7-5-6-8-21(19)22(15-26)18-9-10-18/h4-8,11-12,18,22H,1,9-10,13-15H2,2-3H3. The number of hydrogen-bond acceptors (Lipinski definition) is 2. The summed E-state index contributed by atoms with van der Waals surface area (Å²) in [6.45, 7) is 11.3. The molecule has 3 heteroatoms. The highest BCUT2D eigenvalue weighted by Crippen LogP contribution is 2.47. The lowest BCUT2D eigenvalue weighted by atomic mass is 9.86. The molecule has 1 unspecified atom stereocenters. The van der Waals surface area contributed by atoms with Crippen LogP contribution >= 0.6 is 0 Å². The van der Waals surface area contributed by atoms with Gasteiger partial charge in [-0.3, -0.25) is 0 Å². The van der Waals surface area contributed by atoms with E-state index in [9.17, 15) is 0 Å². The monoisotopic (exact) mass is 357 g/mol. The summed E-state index contributed by atoms with van der Waals surface area (Å²) in [6.07, 6.45) is 6.71. The molecule has 0 amide bonds. The van der Waals surface area contributed by atoms with E-state index < -0.39 is 0 Å². The lowest BCUT2D eigenvalue weighted by molar-refractivity contribution is 0.543. The Morgan fingerprint density at radius 2 is 2.00 bits per heavy atom. The summed E-state index contributed by atoms with van der Waals surface area (Å²) in [5.74, 6) is 2.61. The molecule has 0 spiro atoms. The second-order valence-electron chi connectivity index (χ2n) is 8.16. The molecule has 1 aliphatic heterocycles. The maximum absolute atomic E-state index is 4.89. The maximum atomic E-state index is 4.89. The van der Waals surface area contributed by atoms with Crippen molar-refractivity contribution in [3.63, 3.8) is 0 Å². The first kappa shape index (κ1) is 16.6. The van der Waals surface area contributed by atoms with E-state index in [1.807, 2.05) is 12.3 Å². The number of pyridine rings is 1. The van der Waals surface area contributed by atoms with E-state index in [0.29, 0.717) is 5.92 Å². The Kier molecular flexibility index (Phi) is 3.85. The molecule has 0 N–H and O–H groups in total. The van der Waals surface area contributed by atoms with E-state index in [-0.39, 0.29) is 0 Å². The highest BCUT2D eigenvalue weighted by atomic mass is 15.2. The fourth-order valence-corrected chi connectivity index (χ4v) is 4.87. The molecular formula is C24H27N3. The third kappa shape index (κ3) is 2.60. The number of fused-ring (bicyclic) bond motifs is 2. The molecule has 1 saturated carbocycles. The number of allylic oxidation sites excluding steroid dienone is 1. The van der Waals surface area contributed by atoms with Gasteiger partial charge in [0.25, 0.3) is 0 Å². The van der Waals surface area contributed by atoms with E-state index in [1.165, 1.54) is 40.6 Å². The lowest BCUT2D eigenvalue weighted by Crippen LogP contribution is -2.35. The Balaban J connectivity index is 1.66. The van der Waals surface area contributed by atoms with Gasteiger partial charge in [0.05, 0.1) is 5.52 Å². The van der Waals surface area contributed by atoms with Gasteiger partial charge >= 0.3 is 0 Å². The average molecular weight is 358 g/mol. The van der Waals surface area contributed by atoms with Crippen molar-refractivity contribution in [3.8, 4) is 0 Å². The minimum absolute atomic E-state index is 0.636. The van der Waals surface area contributed by atoms with Crippen LogP contribution in [0.1, 0.15) is 41.1 Å². The minimum Gasteiger partial charge on any atom is -0.350 e. The van der Waals surface area contributed by atoms with Crippen molar-refractivity contribution >= 4 is 16.7 Å². The zero-order valence-corrected chi connectivity index (χ0v) is 16.3. The fraction of sp³-hybridized carbons (Fsp3) is 0.375. The van der Waals surface area contributed by atoms with Crippen LogP contribution in [-0.2, 0) is 13.1 Å². The highest BCUT2D eigenvalue weighted by Gasteiger charge is 2.38. The summed E-state index contributed by atoms with van der Waals surface area (Å²) in [6, 6.07) is 11.2. The van der Waals surface area contributed by atoms with Gasteiger partial charge in [0.2, 0.25) is 0 Å². The largest absolute Gasteiger partial charge is 0.350 e. The van der Waals surface area contributed by atoms with Crippen molar-refractivity contribution in [2.45, 2.75) is 45.7 Å². The number of aromatic nitrogens is 2. The van der Waals surface area contributed by atoms with Crippen LogP contribution in [0.5, 0.6) is 0 Å². The van der Waals surface area contributed by atoms with Gasteiger partial charge in [-0.1, -0.05) is 30.3 Å². The average Bonchev–Trinajstić information content (AvgIpc) is 3.51. The Hall–Kier alpha value is -2.55. The van der Waals surface area contributed by atoms with Crippen molar-refractivity contribution in [2.75, 3.05) is 11.4 Å². The molecule has 1 aromatic carbocycles. The molecule has 1 atom stereocenters. The molecule has 5 rings (SSSR count). The molecule has 1 fully saturated rings. The summed E-state index contributed by atoms with van der Waals surface area (Å²) < 4.78 is 2.38. The van der Waals surface area contributed by atoms with Gasteiger partial charge < -0.3 is 9.47 Å². The Morgan fingerprint density at radius 3 is 2.78 bits per heavy atom. The molecule has 27 heavy (non-hydrogen) atoms. The van der Waals surface area contributed by atoms with Crippen molar-refractivity contribution in [1.82, 2.24) is 9.55 Å². The predicted molar refractivity (Wildman–Crippen MR) is 112 cm³/mol. The van der Waals surface area contributed by atoms with Gasteiger partial charge in [0.15, 0.2) is 5.82 Å². The molecule has 1 aliphatic carbocycles. The van der Waals surface area contributed by atoms with Crippen LogP contribution in [0, 0.1) is 19.8 Å². The predicted octanol–water partition coefficient (Wildman–Crippen LogP) is 5.35. The first-order chi connectivity index (χ1) is 13.2. The van der Waals surface area contributed by atoms with Crippen LogP contribution in [-0.4, -0.2) is 16.1 Å². The molecule has 3 aromatic rings. The normalized spacial score (nSPS) is 19.3. The van der Waals surface area contributed by atoms with Gasteiger partial charge in [-0.2, -0.15) is 0 Å². The van der Waals surface area contributed by atoms with Crippen LogP contribution in [0.4, 0.5) is 5.82 Å². The van der Waals surface area contributed by atoms with Crippen molar-refractivity contribution < 1.29 is 0 Å². The van der Waals surface area contributed by atoms with E-state index in [4.69, 9.17) is 4.98 Å². The Labute approximate surface area is 161 Å². The molecule has 2 aliphatic rings. The van der Waals surface area contributed by atoms with Crippen molar-refractivity contribution in [2.24, 2.45) is 5.92 Å². The smallest absolute Gasteiger partial charge is 0.153 e. The number of aryl methyl sites for hydroxylation is 1. The Morgan fingerprint density at radius 1 is 1.19 bits per heavy atom. The van der Waals surface area contributed by atoms with Gasteiger partial charge in [-0.05, 0) is 55.4 Å². The summed E-state index contributed by atoms with van der Waals surface area (Å²) in [5, 5.41) is 1.32. The maximum Gasteiger partial charge on any atom is 0.153 e. The SMILES string of the molecule is C=CCn1c(C)c(C)c2ccnc(N3Cc4ccccc4C(C4CC4)C3)c21. The van der Waals surface area contributed by atoms with Crippen LogP contribution in [0.15, 0.2) is 49.2 Å². The van der Waals surface area contributed by atoms with Crippen LogP contribution in [0.25, 0.3) is 10.9 Å². The third-order valence-corrected chi connectivity index (χ3v) is 6.56. The number of rotatable bonds is 4. The van der Waals surface area contributed by atoms with E-state index in [0.717, 1.165) is 31.4 Å². The molecule has 0 bridgehead atoms. The zero-order chi connectivity index (χ0) is 18.5. The second kappa shape index (κ2) is 6.26. The first-order valence-electron chi connectivity index (χ1n) is 10.1. The quantitative estimate of drug-likeness (QED) is 0.587. The van der Waals surface area contributed by atoms with Crippen LogP contribution in [0.3, 0.4) is 0 Å². The van der Waals surface area contributed by atoms with Gasteiger partial charge in [0.1, 0.15) is 0 Å². The number of hydrogen-bond donors (Lipinski definition) is 0. The summed E-state index contributed by atoms with van der Waals surface area (Å²) >= 11 is 0. The topological polar surface area (TPSA) is 21.1 Å². The first-order valence-corrected chi connectivity index (χ1v) is 10.1.